The second kappa shape index (κ2) is 4.59. The molecule has 0 bridgehead atoms. The van der Waals surface area contributed by atoms with Crippen molar-refractivity contribution >= 4 is 16.5 Å². The van der Waals surface area contributed by atoms with Gasteiger partial charge in [-0.05, 0) is 0 Å². The van der Waals surface area contributed by atoms with Crippen molar-refractivity contribution in [2.45, 2.75) is 6.04 Å². The first-order valence-electron chi connectivity index (χ1n) is 4.18. The number of aliphatic hydroxyl groups is 1. The number of thiazole rings is 1. The Bertz CT molecular complexity index is 301. The van der Waals surface area contributed by atoms with E-state index in [0.717, 1.165) is 10.0 Å². The molecular weight excluding hydrogens is 202 g/mol. The SMILES string of the molecule is COc1nc(N(C)C)sc1[C@H](N)CO. The highest BCUT2D eigenvalue weighted by Crippen LogP contribution is 2.33. The van der Waals surface area contributed by atoms with Crippen LogP contribution in [0.1, 0.15) is 10.9 Å². The molecule has 3 N–H and O–H groups in total. The first-order valence-corrected chi connectivity index (χ1v) is 5.00. The van der Waals surface area contributed by atoms with Gasteiger partial charge < -0.3 is 20.5 Å². The van der Waals surface area contributed by atoms with Crippen LogP contribution in [0.15, 0.2) is 0 Å². The molecule has 1 aromatic heterocycles. The highest BCUT2D eigenvalue weighted by molar-refractivity contribution is 7.16. The normalized spacial score (nSPS) is 12.6. The molecule has 0 aliphatic heterocycles. The summed E-state index contributed by atoms with van der Waals surface area (Å²) in [7, 11) is 5.33. The molecule has 0 amide bonds. The highest BCUT2D eigenvalue weighted by atomic mass is 32.1. The highest BCUT2D eigenvalue weighted by Gasteiger charge is 2.18. The van der Waals surface area contributed by atoms with Crippen LogP contribution in [0.3, 0.4) is 0 Å². The number of hydrogen-bond acceptors (Lipinski definition) is 6. The van der Waals surface area contributed by atoms with Gasteiger partial charge in [0.2, 0.25) is 5.88 Å². The standard InChI is InChI=1S/C8H15N3O2S/c1-11(2)8-10-7(13-3)6(14-8)5(9)4-12/h5,12H,4,9H2,1-3H3/t5-/m1/s1. The van der Waals surface area contributed by atoms with Gasteiger partial charge in [-0.3, -0.25) is 0 Å². The molecule has 1 aromatic rings. The summed E-state index contributed by atoms with van der Waals surface area (Å²) in [5.41, 5.74) is 5.71. The maximum atomic E-state index is 8.94. The maximum Gasteiger partial charge on any atom is 0.231 e. The summed E-state index contributed by atoms with van der Waals surface area (Å²) in [6, 6.07) is -0.420. The van der Waals surface area contributed by atoms with E-state index in [9.17, 15) is 0 Å². The van der Waals surface area contributed by atoms with Crippen LogP contribution in [-0.2, 0) is 0 Å². The van der Waals surface area contributed by atoms with Crippen LogP contribution in [0.2, 0.25) is 0 Å². The average molecular weight is 217 g/mol. The van der Waals surface area contributed by atoms with Crippen LogP contribution in [0.4, 0.5) is 5.13 Å². The molecule has 0 aliphatic rings. The Hall–Kier alpha value is -0.850. The van der Waals surface area contributed by atoms with Gasteiger partial charge in [0.1, 0.15) is 0 Å². The minimum absolute atomic E-state index is 0.106. The third kappa shape index (κ3) is 2.14. The number of hydrogen-bond donors (Lipinski definition) is 2. The monoisotopic (exact) mass is 217 g/mol. The second-order valence-electron chi connectivity index (χ2n) is 3.05. The summed E-state index contributed by atoms with van der Waals surface area (Å²) in [4.78, 5) is 6.88. The van der Waals surface area contributed by atoms with Gasteiger partial charge in [-0.25, -0.2) is 0 Å². The Morgan fingerprint density at radius 1 is 1.64 bits per heavy atom. The minimum Gasteiger partial charge on any atom is -0.480 e. The Morgan fingerprint density at radius 3 is 2.71 bits per heavy atom. The summed E-state index contributed by atoms with van der Waals surface area (Å²) in [5.74, 6) is 0.500. The predicted molar refractivity (Wildman–Crippen MR) is 57.0 cm³/mol. The maximum absolute atomic E-state index is 8.94. The van der Waals surface area contributed by atoms with Crippen molar-refractivity contribution < 1.29 is 9.84 Å². The number of rotatable bonds is 4. The van der Waals surface area contributed by atoms with Crippen molar-refractivity contribution in [2.75, 3.05) is 32.7 Å². The van der Waals surface area contributed by atoms with Crippen molar-refractivity contribution in [1.29, 1.82) is 0 Å². The zero-order chi connectivity index (χ0) is 10.7. The van der Waals surface area contributed by atoms with E-state index < -0.39 is 6.04 Å². The van der Waals surface area contributed by atoms with Crippen LogP contribution >= 0.6 is 11.3 Å². The van der Waals surface area contributed by atoms with Crippen molar-refractivity contribution in [2.24, 2.45) is 5.73 Å². The van der Waals surface area contributed by atoms with E-state index in [1.165, 1.54) is 11.3 Å². The lowest BCUT2D eigenvalue weighted by Crippen LogP contribution is -2.13. The zero-order valence-corrected chi connectivity index (χ0v) is 9.34. The first-order chi connectivity index (χ1) is 6.60. The molecule has 1 atom stereocenters. The van der Waals surface area contributed by atoms with Gasteiger partial charge in [-0.15, -0.1) is 0 Å². The van der Waals surface area contributed by atoms with E-state index in [0.29, 0.717) is 5.88 Å². The van der Waals surface area contributed by atoms with Crippen LogP contribution in [-0.4, -0.2) is 37.9 Å². The summed E-state index contributed by atoms with van der Waals surface area (Å²) in [6.45, 7) is -0.106. The number of nitrogens with two attached hydrogens (primary N) is 1. The number of ether oxygens (including phenoxy) is 1. The van der Waals surface area contributed by atoms with Crippen molar-refractivity contribution in [3.63, 3.8) is 0 Å². The summed E-state index contributed by atoms with van der Waals surface area (Å²) < 4.78 is 5.08. The van der Waals surface area contributed by atoms with Crippen LogP contribution in [0.25, 0.3) is 0 Å². The van der Waals surface area contributed by atoms with E-state index >= 15 is 0 Å². The Morgan fingerprint density at radius 2 is 2.29 bits per heavy atom. The molecule has 0 saturated heterocycles. The smallest absolute Gasteiger partial charge is 0.231 e. The third-order valence-corrected chi connectivity index (χ3v) is 3.05. The van der Waals surface area contributed by atoms with Crippen LogP contribution < -0.4 is 15.4 Å². The quantitative estimate of drug-likeness (QED) is 0.754. The molecule has 0 aromatic carbocycles. The van der Waals surface area contributed by atoms with E-state index in [-0.39, 0.29) is 6.61 Å². The zero-order valence-electron chi connectivity index (χ0n) is 8.52. The largest absolute Gasteiger partial charge is 0.480 e. The molecule has 5 nitrogen and oxygen atoms in total. The molecule has 14 heavy (non-hydrogen) atoms. The lowest BCUT2D eigenvalue weighted by atomic mass is 10.3. The predicted octanol–water partition coefficient (Wildman–Crippen LogP) is 0.210. The van der Waals surface area contributed by atoms with Crippen LogP contribution in [0, 0.1) is 0 Å². The fourth-order valence-corrected chi connectivity index (χ4v) is 1.91. The van der Waals surface area contributed by atoms with Gasteiger partial charge in [-0.1, -0.05) is 11.3 Å². The molecular formula is C8H15N3O2S. The molecule has 0 fully saturated rings. The van der Waals surface area contributed by atoms with E-state index in [1.807, 2.05) is 19.0 Å². The number of nitrogens with zero attached hydrogens (tertiary/aromatic N) is 2. The average Bonchev–Trinajstić information content (AvgIpc) is 2.60. The Kier molecular flexibility index (Phi) is 3.68. The molecule has 0 aliphatic carbocycles. The summed E-state index contributed by atoms with van der Waals surface area (Å²) >= 11 is 1.43. The van der Waals surface area contributed by atoms with Gasteiger partial charge >= 0.3 is 0 Å². The molecule has 0 radical (unpaired) electrons. The first kappa shape index (κ1) is 11.2. The Labute approximate surface area is 87.1 Å². The third-order valence-electron chi connectivity index (χ3n) is 1.72. The molecule has 6 heteroatoms. The molecule has 1 rings (SSSR count). The van der Waals surface area contributed by atoms with Gasteiger partial charge in [0.05, 0.1) is 24.6 Å². The Balaban J connectivity index is 3.02. The molecule has 1 heterocycles. The molecule has 0 saturated carbocycles. The lowest BCUT2D eigenvalue weighted by Gasteiger charge is -2.06. The molecule has 0 unspecified atom stereocenters. The van der Waals surface area contributed by atoms with Crippen molar-refractivity contribution in [3.05, 3.63) is 4.88 Å². The molecule has 0 spiro atoms. The van der Waals surface area contributed by atoms with Gasteiger partial charge in [-0.2, -0.15) is 4.98 Å². The molecule has 80 valence electrons. The van der Waals surface area contributed by atoms with Gasteiger partial charge in [0.15, 0.2) is 5.13 Å². The van der Waals surface area contributed by atoms with E-state index in [4.69, 9.17) is 15.6 Å². The second-order valence-corrected chi connectivity index (χ2v) is 4.06. The van der Waals surface area contributed by atoms with Crippen molar-refractivity contribution in [1.82, 2.24) is 4.98 Å². The fraction of sp³-hybridized carbons (Fsp3) is 0.625. The summed E-state index contributed by atoms with van der Waals surface area (Å²) in [5, 5.41) is 9.76. The minimum atomic E-state index is -0.420. The van der Waals surface area contributed by atoms with E-state index in [1.54, 1.807) is 7.11 Å². The van der Waals surface area contributed by atoms with Gasteiger partial charge in [0.25, 0.3) is 0 Å². The number of aromatic nitrogens is 1. The van der Waals surface area contributed by atoms with E-state index in [2.05, 4.69) is 4.98 Å². The number of methoxy groups -OCH3 is 1. The number of aliphatic hydroxyl groups excluding tert-OH is 1. The summed E-state index contributed by atoms with van der Waals surface area (Å²) in [6.07, 6.45) is 0. The fourth-order valence-electron chi connectivity index (χ4n) is 0.962. The lowest BCUT2D eigenvalue weighted by molar-refractivity contribution is 0.266. The topological polar surface area (TPSA) is 71.6 Å². The van der Waals surface area contributed by atoms with Gasteiger partial charge in [0, 0.05) is 14.1 Å². The van der Waals surface area contributed by atoms with Crippen molar-refractivity contribution in [3.8, 4) is 5.88 Å². The number of anilines is 1. The van der Waals surface area contributed by atoms with Crippen LogP contribution in [0.5, 0.6) is 5.88 Å².